The quantitative estimate of drug-likeness (QED) is 0.547. The fraction of sp³-hybridized carbons (Fsp3) is 0.348. The van der Waals surface area contributed by atoms with Gasteiger partial charge >= 0.3 is 0 Å². The van der Waals surface area contributed by atoms with E-state index in [9.17, 15) is 14.4 Å². The highest BCUT2D eigenvalue weighted by atomic mass is 16.5. The van der Waals surface area contributed by atoms with E-state index in [1.54, 1.807) is 31.4 Å². The Morgan fingerprint density at radius 2 is 1.81 bits per heavy atom. The van der Waals surface area contributed by atoms with Gasteiger partial charge in [-0.05, 0) is 42.9 Å². The second-order valence-corrected chi connectivity index (χ2v) is 7.20. The van der Waals surface area contributed by atoms with Crippen LogP contribution in [0.5, 0.6) is 5.75 Å². The molecule has 3 aromatic rings. The number of rotatable bonds is 9. The lowest BCUT2D eigenvalue weighted by Crippen LogP contribution is -2.41. The summed E-state index contributed by atoms with van der Waals surface area (Å²) < 4.78 is 6.39. The van der Waals surface area contributed by atoms with Crippen LogP contribution < -0.4 is 21.2 Å². The number of fused-ring (bicyclic) bond motifs is 1. The van der Waals surface area contributed by atoms with E-state index in [1.807, 2.05) is 24.3 Å². The molecule has 2 aromatic carbocycles. The smallest absolute Gasteiger partial charge is 0.273 e. The van der Waals surface area contributed by atoms with Gasteiger partial charge in [0.15, 0.2) is 0 Å². The number of nitrogens with zero attached hydrogens (tertiary/aromatic N) is 2. The Kier molecular flexibility index (Phi) is 7.25. The zero-order chi connectivity index (χ0) is 22.4. The number of benzene rings is 2. The molecule has 0 fully saturated rings. The standard InChI is InChI=1S/C23H28N4O4/c1-4-26(5-2)20(16-9-8-10-17(13-16)31-3)14-24-21(28)15-27-23(30)19-12-7-6-11-18(19)22(29)25-27/h6-13,20H,4-5,14-15H2,1-3H3,(H,24,28)(H,25,29). The first-order chi connectivity index (χ1) is 15.0. The van der Waals surface area contributed by atoms with Gasteiger partial charge in [-0.2, -0.15) is 0 Å². The summed E-state index contributed by atoms with van der Waals surface area (Å²) in [7, 11) is 1.62. The van der Waals surface area contributed by atoms with Crippen molar-refractivity contribution in [2.75, 3.05) is 26.7 Å². The summed E-state index contributed by atoms with van der Waals surface area (Å²) in [6.07, 6.45) is 0. The van der Waals surface area contributed by atoms with E-state index >= 15 is 0 Å². The lowest BCUT2D eigenvalue weighted by Gasteiger charge is -2.30. The second-order valence-electron chi connectivity index (χ2n) is 7.20. The van der Waals surface area contributed by atoms with Gasteiger partial charge in [-0.25, -0.2) is 4.68 Å². The van der Waals surface area contributed by atoms with Crippen molar-refractivity contribution >= 4 is 16.7 Å². The number of hydrogen-bond acceptors (Lipinski definition) is 5. The molecule has 0 aliphatic rings. The maximum atomic E-state index is 12.6. The topological polar surface area (TPSA) is 96.4 Å². The number of carbonyl (C=O) groups excluding carboxylic acids is 1. The summed E-state index contributed by atoms with van der Waals surface area (Å²) in [5.74, 6) is 0.398. The number of methoxy groups -OCH3 is 1. The first-order valence-corrected chi connectivity index (χ1v) is 10.3. The predicted molar refractivity (Wildman–Crippen MR) is 120 cm³/mol. The number of ether oxygens (including phenoxy) is 1. The third-order valence-electron chi connectivity index (χ3n) is 5.41. The molecule has 0 aliphatic heterocycles. The Hall–Kier alpha value is -3.39. The molecule has 0 radical (unpaired) electrons. The van der Waals surface area contributed by atoms with Gasteiger partial charge < -0.3 is 10.1 Å². The fourth-order valence-corrected chi connectivity index (χ4v) is 3.74. The van der Waals surface area contributed by atoms with Crippen molar-refractivity contribution in [3.63, 3.8) is 0 Å². The first-order valence-electron chi connectivity index (χ1n) is 10.3. The van der Waals surface area contributed by atoms with Gasteiger partial charge in [-0.3, -0.25) is 24.4 Å². The van der Waals surface area contributed by atoms with Crippen molar-refractivity contribution < 1.29 is 9.53 Å². The van der Waals surface area contributed by atoms with Crippen molar-refractivity contribution in [1.82, 2.24) is 20.0 Å². The van der Waals surface area contributed by atoms with E-state index in [0.29, 0.717) is 11.9 Å². The van der Waals surface area contributed by atoms with Crippen molar-refractivity contribution in [3.8, 4) is 5.75 Å². The molecular weight excluding hydrogens is 396 g/mol. The van der Waals surface area contributed by atoms with Crippen molar-refractivity contribution in [1.29, 1.82) is 0 Å². The Morgan fingerprint density at radius 1 is 1.10 bits per heavy atom. The zero-order valence-electron chi connectivity index (χ0n) is 18.1. The number of amides is 1. The highest BCUT2D eigenvalue weighted by Crippen LogP contribution is 2.23. The van der Waals surface area contributed by atoms with Gasteiger partial charge in [0.1, 0.15) is 12.3 Å². The molecule has 1 unspecified atom stereocenters. The zero-order valence-corrected chi connectivity index (χ0v) is 18.1. The van der Waals surface area contributed by atoms with Gasteiger partial charge in [-0.1, -0.05) is 38.1 Å². The Morgan fingerprint density at radius 3 is 2.48 bits per heavy atom. The minimum absolute atomic E-state index is 0.0542. The van der Waals surface area contributed by atoms with Gasteiger partial charge in [-0.15, -0.1) is 0 Å². The molecule has 1 heterocycles. The van der Waals surface area contributed by atoms with Crippen LogP contribution in [0.25, 0.3) is 10.8 Å². The van der Waals surface area contributed by atoms with Crippen LogP contribution in [0.15, 0.2) is 58.1 Å². The second kappa shape index (κ2) is 10.1. The summed E-state index contributed by atoms with van der Waals surface area (Å²) >= 11 is 0. The molecule has 0 aliphatic carbocycles. The van der Waals surface area contributed by atoms with E-state index < -0.39 is 11.1 Å². The Bertz CT molecular complexity index is 1160. The first kappa shape index (κ1) is 22.3. The van der Waals surface area contributed by atoms with Crippen LogP contribution in [0.2, 0.25) is 0 Å². The molecule has 31 heavy (non-hydrogen) atoms. The number of nitrogens with one attached hydrogen (secondary N) is 2. The van der Waals surface area contributed by atoms with E-state index in [4.69, 9.17) is 4.74 Å². The Labute approximate surface area is 180 Å². The summed E-state index contributed by atoms with van der Waals surface area (Å²) in [6.45, 7) is 5.86. The molecule has 3 rings (SSSR count). The molecule has 0 spiro atoms. The number of likely N-dealkylation sites (N-methyl/N-ethyl adjacent to an activating group) is 1. The number of hydrogen-bond donors (Lipinski definition) is 2. The summed E-state index contributed by atoms with van der Waals surface area (Å²) in [5, 5.41) is 6.00. The minimum Gasteiger partial charge on any atom is -0.497 e. The third kappa shape index (κ3) is 5.03. The largest absolute Gasteiger partial charge is 0.497 e. The lowest BCUT2D eigenvalue weighted by atomic mass is 10.0. The molecule has 8 nitrogen and oxygen atoms in total. The highest BCUT2D eigenvalue weighted by Gasteiger charge is 2.20. The van der Waals surface area contributed by atoms with Crippen LogP contribution in [0, 0.1) is 0 Å². The molecule has 1 atom stereocenters. The average molecular weight is 425 g/mol. The normalized spacial score (nSPS) is 12.1. The molecule has 8 heteroatoms. The number of aromatic amines is 1. The van der Waals surface area contributed by atoms with Crippen LogP contribution in [0.1, 0.15) is 25.5 Å². The molecule has 1 amide bonds. The van der Waals surface area contributed by atoms with Gasteiger partial charge in [0.05, 0.1) is 23.9 Å². The van der Waals surface area contributed by atoms with E-state index in [0.717, 1.165) is 29.1 Å². The van der Waals surface area contributed by atoms with E-state index in [1.165, 1.54) is 0 Å². The maximum absolute atomic E-state index is 12.6. The van der Waals surface area contributed by atoms with Crippen LogP contribution in [-0.2, 0) is 11.3 Å². The summed E-state index contributed by atoms with van der Waals surface area (Å²) in [5.41, 5.74) is 0.221. The number of aromatic nitrogens is 2. The molecule has 0 bridgehead atoms. The van der Waals surface area contributed by atoms with Crippen LogP contribution >= 0.6 is 0 Å². The molecule has 0 saturated heterocycles. The molecular formula is C23H28N4O4. The third-order valence-corrected chi connectivity index (χ3v) is 5.41. The van der Waals surface area contributed by atoms with Crippen molar-refractivity contribution in [2.24, 2.45) is 0 Å². The SMILES string of the molecule is CCN(CC)C(CNC(=O)Cn1[nH]c(=O)c2ccccc2c1=O)c1cccc(OC)c1. The van der Waals surface area contributed by atoms with Crippen molar-refractivity contribution in [2.45, 2.75) is 26.4 Å². The van der Waals surface area contributed by atoms with E-state index in [-0.39, 0.29) is 23.9 Å². The number of carbonyl (C=O) groups is 1. The number of H-pyrrole nitrogens is 1. The van der Waals surface area contributed by atoms with E-state index in [2.05, 4.69) is 29.2 Å². The highest BCUT2D eigenvalue weighted by molar-refractivity contribution is 5.81. The Balaban J connectivity index is 1.78. The molecule has 1 aromatic heterocycles. The monoisotopic (exact) mass is 424 g/mol. The van der Waals surface area contributed by atoms with Crippen LogP contribution in [-0.4, -0.2) is 47.3 Å². The molecule has 164 valence electrons. The maximum Gasteiger partial charge on any atom is 0.273 e. The minimum atomic E-state index is -0.404. The van der Waals surface area contributed by atoms with Gasteiger partial charge in [0, 0.05) is 6.54 Å². The summed E-state index contributed by atoms with van der Waals surface area (Å²) in [4.78, 5) is 39.8. The van der Waals surface area contributed by atoms with Crippen LogP contribution in [0.4, 0.5) is 0 Å². The van der Waals surface area contributed by atoms with Crippen molar-refractivity contribution in [3.05, 3.63) is 74.8 Å². The molecule has 0 saturated carbocycles. The van der Waals surface area contributed by atoms with Gasteiger partial charge in [0.2, 0.25) is 5.91 Å². The average Bonchev–Trinajstić information content (AvgIpc) is 2.80. The van der Waals surface area contributed by atoms with Gasteiger partial charge in [0.25, 0.3) is 11.1 Å². The van der Waals surface area contributed by atoms with Crippen LogP contribution in [0.3, 0.4) is 0 Å². The summed E-state index contributed by atoms with van der Waals surface area (Å²) in [6, 6.07) is 14.3. The lowest BCUT2D eigenvalue weighted by molar-refractivity contribution is -0.122. The fourth-order valence-electron chi connectivity index (χ4n) is 3.74. The molecule has 2 N–H and O–H groups in total. The predicted octanol–water partition coefficient (Wildman–Crippen LogP) is 1.90.